The minimum absolute atomic E-state index is 0.229. The van der Waals surface area contributed by atoms with Crippen molar-refractivity contribution in [1.29, 1.82) is 0 Å². The van der Waals surface area contributed by atoms with E-state index in [1.807, 2.05) is 6.07 Å². The molecular weight excluding hydrogens is 262 g/mol. The number of methoxy groups -OCH3 is 1. The first kappa shape index (κ1) is 12.1. The highest BCUT2D eigenvalue weighted by Crippen LogP contribution is 2.37. The molecule has 0 bridgehead atoms. The van der Waals surface area contributed by atoms with Gasteiger partial charge in [-0.15, -0.1) is 0 Å². The molecule has 0 aliphatic heterocycles. The molecule has 104 valence electrons. The van der Waals surface area contributed by atoms with Gasteiger partial charge in [0.2, 0.25) is 11.8 Å². The SMILES string of the molecule is COc1cc(-c2ccc3c4c(cccc24)CC3)nc(N)n1. The van der Waals surface area contributed by atoms with Gasteiger partial charge in [0.1, 0.15) is 0 Å². The normalized spacial score (nSPS) is 12.8. The van der Waals surface area contributed by atoms with Gasteiger partial charge in [-0.1, -0.05) is 30.3 Å². The molecule has 4 nitrogen and oxygen atoms in total. The van der Waals surface area contributed by atoms with E-state index in [2.05, 4.69) is 40.3 Å². The molecule has 0 saturated carbocycles. The van der Waals surface area contributed by atoms with Gasteiger partial charge < -0.3 is 10.5 Å². The standard InChI is InChI=1S/C17H15N3O/c1-21-15-9-14(19-17(18)20-15)12-8-7-11-6-5-10-3-2-4-13(12)16(10)11/h2-4,7-9H,5-6H2,1H3,(H2,18,19,20). The number of ether oxygens (including phenoxy) is 1. The molecule has 2 aromatic carbocycles. The second kappa shape index (κ2) is 4.45. The van der Waals surface area contributed by atoms with Crippen molar-refractivity contribution in [3.8, 4) is 17.1 Å². The Kier molecular flexibility index (Phi) is 2.57. The van der Waals surface area contributed by atoms with Crippen LogP contribution in [0.4, 0.5) is 5.95 Å². The van der Waals surface area contributed by atoms with E-state index in [-0.39, 0.29) is 5.95 Å². The van der Waals surface area contributed by atoms with Crippen LogP contribution in [0, 0.1) is 0 Å². The van der Waals surface area contributed by atoms with Gasteiger partial charge in [0, 0.05) is 11.6 Å². The zero-order valence-electron chi connectivity index (χ0n) is 11.8. The molecule has 0 unspecified atom stereocenters. The number of nitrogens with two attached hydrogens (primary N) is 1. The number of hydrogen-bond donors (Lipinski definition) is 1. The third kappa shape index (κ3) is 1.83. The van der Waals surface area contributed by atoms with Gasteiger partial charge in [-0.05, 0) is 34.7 Å². The number of benzene rings is 2. The number of nitrogens with zero attached hydrogens (tertiary/aromatic N) is 2. The first-order chi connectivity index (χ1) is 10.3. The summed E-state index contributed by atoms with van der Waals surface area (Å²) in [5, 5.41) is 2.59. The number of aryl methyl sites for hydroxylation is 2. The van der Waals surface area contributed by atoms with Crippen LogP contribution < -0.4 is 10.5 Å². The molecule has 1 aliphatic rings. The van der Waals surface area contributed by atoms with E-state index in [0.717, 1.165) is 24.1 Å². The highest BCUT2D eigenvalue weighted by atomic mass is 16.5. The molecule has 4 heteroatoms. The number of nitrogen functional groups attached to an aromatic ring is 1. The summed E-state index contributed by atoms with van der Waals surface area (Å²) in [7, 11) is 1.58. The van der Waals surface area contributed by atoms with Crippen molar-refractivity contribution in [2.75, 3.05) is 12.8 Å². The van der Waals surface area contributed by atoms with Crippen molar-refractivity contribution in [3.63, 3.8) is 0 Å². The van der Waals surface area contributed by atoms with Crippen LogP contribution in [-0.2, 0) is 12.8 Å². The Morgan fingerprint density at radius 2 is 1.86 bits per heavy atom. The fourth-order valence-electron chi connectivity index (χ4n) is 3.16. The average Bonchev–Trinajstić information content (AvgIpc) is 2.92. The Hall–Kier alpha value is -2.62. The van der Waals surface area contributed by atoms with Crippen LogP contribution in [0.25, 0.3) is 22.0 Å². The number of aromatic nitrogens is 2. The summed E-state index contributed by atoms with van der Waals surface area (Å²) in [6.07, 6.45) is 2.23. The van der Waals surface area contributed by atoms with Crippen LogP contribution in [0.3, 0.4) is 0 Å². The Bertz CT molecular complexity index is 848. The summed E-state index contributed by atoms with van der Waals surface area (Å²) < 4.78 is 5.20. The Morgan fingerprint density at radius 1 is 1.05 bits per heavy atom. The molecule has 1 aromatic heterocycles. The largest absolute Gasteiger partial charge is 0.481 e. The van der Waals surface area contributed by atoms with Crippen LogP contribution in [0.15, 0.2) is 36.4 Å². The maximum absolute atomic E-state index is 5.79. The Morgan fingerprint density at radius 3 is 2.67 bits per heavy atom. The summed E-state index contributed by atoms with van der Waals surface area (Å²) >= 11 is 0. The minimum atomic E-state index is 0.229. The number of hydrogen-bond acceptors (Lipinski definition) is 4. The zero-order chi connectivity index (χ0) is 14.4. The van der Waals surface area contributed by atoms with E-state index in [1.165, 1.54) is 21.9 Å². The average molecular weight is 277 g/mol. The molecule has 3 aromatic rings. The maximum atomic E-state index is 5.79. The summed E-state index contributed by atoms with van der Waals surface area (Å²) in [6.45, 7) is 0. The molecule has 0 saturated heterocycles. The van der Waals surface area contributed by atoms with Crippen molar-refractivity contribution in [2.45, 2.75) is 12.8 Å². The van der Waals surface area contributed by atoms with Crippen molar-refractivity contribution >= 4 is 16.7 Å². The van der Waals surface area contributed by atoms with E-state index in [1.54, 1.807) is 7.11 Å². The molecule has 2 N–H and O–H groups in total. The molecular formula is C17H15N3O. The fourth-order valence-corrected chi connectivity index (χ4v) is 3.16. The number of anilines is 1. The zero-order valence-corrected chi connectivity index (χ0v) is 11.8. The summed E-state index contributed by atoms with van der Waals surface area (Å²) in [6, 6.07) is 12.6. The molecule has 0 spiro atoms. The van der Waals surface area contributed by atoms with E-state index >= 15 is 0 Å². The van der Waals surface area contributed by atoms with Gasteiger partial charge in [-0.3, -0.25) is 0 Å². The molecule has 0 amide bonds. The van der Waals surface area contributed by atoms with Crippen molar-refractivity contribution < 1.29 is 4.74 Å². The predicted octanol–water partition coefficient (Wildman–Crippen LogP) is 2.99. The van der Waals surface area contributed by atoms with Crippen LogP contribution >= 0.6 is 0 Å². The van der Waals surface area contributed by atoms with Gasteiger partial charge in [0.25, 0.3) is 0 Å². The lowest BCUT2D eigenvalue weighted by Crippen LogP contribution is -1.99. The van der Waals surface area contributed by atoms with E-state index < -0.39 is 0 Å². The van der Waals surface area contributed by atoms with Crippen molar-refractivity contribution in [3.05, 3.63) is 47.5 Å². The second-order valence-electron chi connectivity index (χ2n) is 5.27. The quantitative estimate of drug-likeness (QED) is 0.782. The lowest BCUT2D eigenvalue weighted by molar-refractivity contribution is 0.398. The molecule has 1 aliphatic carbocycles. The van der Waals surface area contributed by atoms with Crippen LogP contribution in [-0.4, -0.2) is 17.1 Å². The van der Waals surface area contributed by atoms with Crippen LogP contribution in [0.1, 0.15) is 11.1 Å². The summed E-state index contributed by atoms with van der Waals surface area (Å²) in [5.74, 6) is 0.716. The van der Waals surface area contributed by atoms with E-state index in [9.17, 15) is 0 Å². The first-order valence-corrected chi connectivity index (χ1v) is 6.98. The van der Waals surface area contributed by atoms with Crippen LogP contribution in [0.5, 0.6) is 5.88 Å². The monoisotopic (exact) mass is 277 g/mol. The second-order valence-corrected chi connectivity index (χ2v) is 5.27. The molecule has 0 fully saturated rings. The lowest BCUT2D eigenvalue weighted by Gasteiger charge is -2.10. The molecule has 1 heterocycles. The van der Waals surface area contributed by atoms with Crippen molar-refractivity contribution in [2.24, 2.45) is 0 Å². The molecule has 21 heavy (non-hydrogen) atoms. The predicted molar refractivity (Wildman–Crippen MR) is 83.3 cm³/mol. The number of rotatable bonds is 2. The maximum Gasteiger partial charge on any atom is 0.223 e. The third-order valence-electron chi connectivity index (χ3n) is 4.08. The van der Waals surface area contributed by atoms with E-state index in [4.69, 9.17) is 10.5 Å². The van der Waals surface area contributed by atoms with Gasteiger partial charge in [-0.25, -0.2) is 4.98 Å². The van der Waals surface area contributed by atoms with Gasteiger partial charge in [-0.2, -0.15) is 4.98 Å². The lowest BCUT2D eigenvalue weighted by atomic mass is 9.98. The molecule has 4 rings (SSSR count). The van der Waals surface area contributed by atoms with Crippen molar-refractivity contribution in [1.82, 2.24) is 9.97 Å². The topological polar surface area (TPSA) is 61.0 Å². The third-order valence-corrected chi connectivity index (χ3v) is 4.08. The summed E-state index contributed by atoms with van der Waals surface area (Å²) in [5.41, 5.74) is 10.5. The smallest absolute Gasteiger partial charge is 0.223 e. The molecule has 0 atom stereocenters. The Labute approximate surface area is 122 Å². The van der Waals surface area contributed by atoms with Crippen LogP contribution in [0.2, 0.25) is 0 Å². The van der Waals surface area contributed by atoms with E-state index in [0.29, 0.717) is 5.88 Å². The highest BCUT2D eigenvalue weighted by Gasteiger charge is 2.17. The first-order valence-electron chi connectivity index (χ1n) is 6.98. The molecule has 0 radical (unpaired) electrons. The van der Waals surface area contributed by atoms with Gasteiger partial charge in [0.15, 0.2) is 0 Å². The summed E-state index contributed by atoms with van der Waals surface area (Å²) in [4.78, 5) is 8.42. The minimum Gasteiger partial charge on any atom is -0.481 e. The fraction of sp³-hybridized carbons (Fsp3) is 0.176. The van der Waals surface area contributed by atoms with Gasteiger partial charge in [0.05, 0.1) is 12.8 Å². The highest BCUT2D eigenvalue weighted by molar-refractivity contribution is 6.00. The van der Waals surface area contributed by atoms with Gasteiger partial charge >= 0.3 is 0 Å². The Balaban J connectivity index is 2.02.